The Morgan fingerprint density at radius 1 is 1.38 bits per heavy atom. The minimum Gasteiger partial charge on any atom is -0.482 e. The van der Waals surface area contributed by atoms with Gasteiger partial charge in [-0.2, -0.15) is 0 Å². The SMILES string of the molecule is O=C(O)COc1ccccc1CN1CCOC(c2cnccn2)C1. The number of nitrogens with zero attached hydrogens (tertiary/aromatic N) is 3. The Bertz CT molecular complexity index is 681. The first-order valence-electron chi connectivity index (χ1n) is 7.75. The number of benzene rings is 1. The van der Waals surface area contributed by atoms with E-state index >= 15 is 0 Å². The van der Waals surface area contributed by atoms with Gasteiger partial charge in [0.1, 0.15) is 11.9 Å². The molecule has 3 rings (SSSR count). The fraction of sp³-hybridized carbons (Fsp3) is 0.353. The number of para-hydroxylation sites is 1. The summed E-state index contributed by atoms with van der Waals surface area (Å²) < 4.78 is 11.2. The number of rotatable bonds is 6. The van der Waals surface area contributed by atoms with Gasteiger partial charge in [0.05, 0.1) is 18.5 Å². The topological polar surface area (TPSA) is 84.8 Å². The van der Waals surface area contributed by atoms with E-state index in [1.807, 2.05) is 18.2 Å². The van der Waals surface area contributed by atoms with E-state index in [2.05, 4.69) is 14.9 Å². The molecule has 2 aromatic rings. The maximum atomic E-state index is 10.7. The fourth-order valence-electron chi connectivity index (χ4n) is 2.66. The molecule has 0 aliphatic carbocycles. The van der Waals surface area contributed by atoms with Crippen LogP contribution in [-0.4, -0.2) is 52.2 Å². The second-order valence-corrected chi connectivity index (χ2v) is 5.51. The number of carboxylic acid groups (broad SMARTS) is 1. The predicted octanol–water partition coefficient (Wildman–Crippen LogP) is 1.51. The molecule has 1 unspecified atom stereocenters. The van der Waals surface area contributed by atoms with Crippen molar-refractivity contribution in [2.24, 2.45) is 0 Å². The number of carboxylic acids is 1. The lowest BCUT2D eigenvalue weighted by molar-refractivity contribution is -0.139. The van der Waals surface area contributed by atoms with Crippen molar-refractivity contribution in [2.45, 2.75) is 12.6 Å². The van der Waals surface area contributed by atoms with E-state index in [4.69, 9.17) is 14.6 Å². The van der Waals surface area contributed by atoms with Crippen molar-refractivity contribution in [3.8, 4) is 5.75 Å². The Labute approximate surface area is 139 Å². The Morgan fingerprint density at radius 3 is 3.04 bits per heavy atom. The van der Waals surface area contributed by atoms with E-state index < -0.39 is 5.97 Å². The smallest absolute Gasteiger partial charge is 0.341 e. The summed E-state index contributed by atoms with van der Waals surface area (Å²) in [6.07, 6.45) is 4.91. The van der Waals surface area contributed by atoms with Gasteiger partial charge in [0.25, 0.3) is 0 Å². The van der Waals surface area contributed by atoms with Crippen LogP contribution in [0.1, 0.15) is 17.4 Å². The number of hydrogen-bond donors (Lipinski definition) is 1. The quantitative estimate of drug-likeness (QED) is 0.860. The van der Waals surface area contributed by atoms with Gasteiger partial charge in [-0.15, -0.1) is 0 Å². The third-order valence-corrected chi connectivity index (χ3v) is 3.78. The van der Waals surface area contributed by atoms with Gasteiger partial charge in [0.15, 0.2) is 6.61 Å². The van der Waals surface area contributed by atoms with Crippen LogP contribution in [0.15, 0.2) is 42.9 Å². The summed E-state index contributed by atoms with van der Waals surface area (Å²) in [5.41, 5.74) is 1.77. The summed E-state index contributed by atoms with van der Waals surface area (Å²) in [4.78, 5) is 21.3. The van der Waals surface area contributed by atoms with Gasteiger partial charge in [0.2, 0.25) is 0 Å². The average molecular weight is 329 g/mol. The Hall–Kier alpha value is -2.51. The molecule has 7 nitrogen and oxygen atoms in total. The Kier molecular flexibility index (Phi) is 5.35. The molecule has 0 spiro atoms. The molecule has 2 heterocycles. The molecule has 1 atom stereocenters. The molecular formula is C17H19N3O4. The molecule has 0 amide bonds. The molecule has 1 aromatic carbocycles. The van der Waals surface area contributed by atoms with Gasteiger partial charge in [-0.05, 0) is 6.07 Å². The highest BCUT2D eigenvalue weighted by Gasteiger charge is 2.23. The molecular weight excluding hydrogens is 310 g/mol. The molecule has 126 valence electrons. The molecule has 1 aliphatic heterocycles. The Morgan fingerprint density at radius 2 is 2.25 bits per heavy atom. The first-order chi connectivity index (χ1) is 11.7. The summed E-state index contributed by atoms with van der Waals surface area (Å²) in [5, 5.41) is 8.78. The molecule has 24 heavy (non-hydrogen) atoms. The molecule has 1 saturated heterocycles. The lowest BCUT2D eigenvalue weighted by Gasteiger charge is -2.32. The zero-order valence-electron chi connectivity index (χ0n) is 13.2. The fourth-order valence-corrected chi connectivity index (χ4v) is 2.66. The largest absolute Gasteiger partial charge is 0.482 e. The van der Waals surface area contributed by atoms with Crippen molar-refractivity contribution in [3.05, 3.63) is 54.1 Å². The number of carbonyl (C=O) groups is 1. The van der Waals surface area contributed by atoms with E-state index in [-0.39, 0.29) is 12.7 Å². The Balaban J connectivity index is 1.66. The van der Waals surface area contributed by atoms with Gasteiger partial charge in [-0.1, -0.05) is 18.2 Å². The molecule has 0 saturated carbocycles. The van der Waals surface area contributed by atoms with Crippen LogP contribution in [0.4, 0.5) is 0 Å². The minimum absolute atomic E-state index is 0.112. The van der Waals surface area contributed by atoms with Crippen molar-refractivity contribution >= 4 is 5.97 Å². The van der Waals surface area contributed by atoms with Crippen molar-refractivity contribution in [1.29, 1.82) is 0 Å². The second kappa shape index (κ2) is 7.85. The van der Waals surface area contributed by atoms with Gasteiger partial charge in [0, 0.05) is 37.6 Å². The van der Waals surface area contributed by atoms with Gasteiger partial charge in [-0.25, -0.2) is 4.79 Å². The van der Waals surface area contributed by atoms with Crippen LogP contribution in [0.3, 0.4) is 0 Å². The van der Waals surface area contributed by atoms with Crippen LogP contribution in [0, 0.1) is 0 Å². The van der Waals surface area contributed by atoms with E-state index in [1.165, 1.54) is 0 Å². The van der Waals surface area contributed by atoms with Crippen LogP contribution in [0.25, 0.3) is 0 Å². The first-order valence-corrected chi connectivity index (χ1v) is 7.75. The third-order valence-electron chi connectivity index (χ3n) is 3.78. The average Bonchev–Trinajstić information content (AvgIpc) is 2.62. The molecule has 1 fully saturated rings. The maximum Gasteiger partial charge on any atom is 0.341 e. The first kappa shape index (κ1) is 16.4. The molecule has 1 N–H and O–H groups in total. The van der Waals surface area contributed by atoms with Crippen LogP contribution in [0.5, 0.6) is 5.75 Å². The van der Waals surface area contributed by atoms with E-state index in [1.54, 1.807) is 24.7 Å². The van der Waals surface area contributed by atoms with Crippen molar-refractivity contribution in [3.63, 3.8) is 0 Å². The summed E-state index contributed by atoms with van der Waals surface area (Å²) in [6.45, 7) is 2.42. The zero-order chi connectivity index (χ0) is 16.8. The number of morpholine rings is 1. The second-order valence-electron chi connectivity index (χ2n) is 5.51. The van der Waals surface area contributed by atoms with Crippen molar-refractivity contribution in [2.75, 3.05) is 26.3 Å². The summed E-state index contributed by atoms with van der Waals surface area (Å²) >= 11 is 0. The number of aromatic nitrogens is 2. The number of hydrogen-bond acceptors (Lipinski definition) is 6. The van der Waals surface area contributed by atoms with Gasteiger partial charge < -0.3 is 14.6 Å². The lowest BCUT2D eigenvalue weighted by Crippen LogP contribution is -2.38. The predicted molar refractivity (Wildman–Crippen MR) is 85.6 cm³/mol. The standard InChI is InChI=1S/C17H19N3O4/c21-17(22)12-24-15-4-2-1-3-13(15)10-20-7-8-23-16(11-20)14-9-18-5-6-19-14/h1-6,9,16H,7-8,10-12H2,(H,21,22). The van der Waals surface area contributed by atoms with Crippen LogP contribution < -0.4 is 4.74 Å². The van der Waals surface area contributed by atoms with Gasteiger partial charge in [-0.3, -0.25) is 14.9 Å². The number of ether oxygens (including phenoxy) is 2. The molecule has 1 aromatic heterocycles. The third kappa shape index (κ3) is 4.27. The minimum atomic E-state index is -0.987. The van der Waals surface area contributed by atoms with E-state index in [0.29, 0.717) is 25.4 Å². The summed E-state index contributed by atoms with van der Waals surface area (Å²) in [5.74, 6) is -0.388. The zero-order valence-corrected chi connectivity index (χ0v) is 13.2. The summed E-state index contributed by atoms with van der Waals surface area (Å²) in [6, 6.07) is 7.49. The van der Waals surface area contributed by atoms with Gasteiger partial charge >= 0.3 is 5.97 Å². The molecule has 7 heteroatoms. The summed E-state index contributed by atoms with van der Waals surface area (Å²) in [7, 11) is 0. The van der Waals surface area contributed by atoms with Crippen LogP contribution in [0.2, 0.25) is 0 Å². The van der Waals surface area contributed by atoms with Crippen molar-refractivity contribution < 1.29 is 19.4 Å². The maximum absolute atomic E-state index is 10.7. The highest BCUT2D eigenvalue weighted by molar-refractivity contribution is 5.68. The lowest BCUT2D eigenvalue weighted by atomic mass is 10.1. The molecule has 1 aliphatic rings. The molecule has 0 bridgehead atoms. The highest BCUT2D eigenvalue weighted by Crippen LogP contribution is 2.24. The molecule has 0 radical (unpaired) electrons. The number of aliphatic carboxylic acids is 1. The van der Waals surface area contributed by atoms with Crippen LogP contribution >= 0.6 is 0 Å². The highest BCUT2D eigenvalue weighted by atomic mass is 16.5. The van der Waals surface area contributed by atoms with E-state index in [9.17, 15) is 4.79 Å². The normalized spacial score (nSPS) is 18.2. The van der Waals surface area contributed by atoms with Crippen LogP contribution in [-0.2, 0) is 16.1 Å². The monoisotopic (exact) mass is 329 g/mol. The van der Waals surface area contributed by atoms with Crippen molar-refractivity contribution in [1.82, 2.24) is 14.9 Å². The van der Waals surface area contributed by atoms with E-state index in [0.717, 1.165) is 17.8 Å².